The van der Waals surface area contributed by atoms with Gasteiger partial charge in [-0.3, -0.25) is 4.79 Å². The van der Waals surface area contributed by atoms with E-state index in [0.717, 1.165) is 77.0 Å². The number of amides is 1. The lowest BCUT2D eigenvalue weighted by atomic mass is 10.0. The predicted molar refractivity (Wildman–Crippen MR) is 271 cm³/mol. The Balaban J connectivity index is 3.57. The van der Waals surface area contributed by atoms with Gasteiger partial charge in [0.25, 0.3) is 0 Å². The number of unbranched alkanes of at least 4 members (excludes halogenated alkanes) is 22. The summed E-state index contributed by atoms with van der Waals surface area (Å²) < 4.78 is 0. The van der Waals surface area contributed by atoms with Crippen LogP contribution in [-0.2, 0) is 4.79 Å². The van der Waals surface area contributed by atoms with E-state index in [0.29, 0.717) is 6.42 Å². The lowest BCUT2D eigenvalue weighted by molar-refractivity contribution is -0.123. The largest absolute Gasteiger partial charge is 0.394 e. The first-order chi connectivity index (χ1) is 30.2. The normalized spacial score (nSPS) is 13.8. The molecule has 0 bridgehead atoms. The summed E-state index contributed by atoms with van der Waals surface area (Å²) in [5, 5.41) is 23.0. The molecule has 0 saturated carbocycles. The first kappa shape index (κ1) is 58.0. The number of rotatable bonds is 45. The second-order valence-corrected chi connectivity index (χ2v) is 16.9. The number of allylic oxidation sites excluding steroid dienone is 17. The van der Waals surface area contributed by atoms with Gasteiger partial charge in [0.15, 0.2) is 0 Å². The smallest absolute Gasteiger partial charge is 0.220 e. The molecule has 61 heavy (non-hydrogen) atoms. The second-order valence-electron chi connectivity index (χ2n) is 16.9. The topological polar surface area (TPSA) is 69.6 Å². The molecule has 2 atom stereocenters. The van der Waals surface area contributed by atoms with Crippen molar-refractivity contribution in [3.63, 3.8) is 0 Å². The molecule has 3 N–H and O–H groups in total. The third-order valence-corrected chi connectivity index (χ3v) is 11.0. The Hall–Kier alpha value is -2.95. The fraction of sp³-hybridized carbons (Fsp3) is 0.667. The van der Waals surface area contributed by atoms with Gasteiger partial charge in [0, 0.05) is 6.42 Å². The van der Waals surface area contributed by atoms with Gasteiger partial charge in [0.2, 0.25) is 5.91 Å². The fourth-order valence-corrected chi connectivity index (χ4v) is 7.13. The molecule has 0 aliphatic rings. The highest BCUT2D eigenvalue weighted by Gasteiger charge is 2.17. The molecule has 0 saturated heterocycles. The van der Waals surface area contributed by atoms with Crippen LogP contribution in [0.2, 0.25) is 0 Å². The van der Waals surface area contributed by atoms with Crippen molar-refractivity contribution in [3.8, 4) is 0 Å². The van der Waals surface area contributed by atoms with E-state index in [9.17, 15) is 15.0 Å². The zero-order chi connectivity index (χ0) is 44.2. The quantitative estimate of drug-likeness (QED) is 0.0422. The Bertz CT molecular complexity index is 1180. The van der Waals surface area contributed by atoms with Crippen LogP contribution in [0.1, 0.15) is 226 Å². The third kappa shape index (κ3) is 47.9. The molecule has 0 aromatic heterocycles. The average molecular weight is 844 g/mol. The van der Waals surface area contributed by atoms with Gasteiger partial charge in [-0.1, -0.05) is 245 Å². The molecular weight excluding hydrogens is 747 g/mol. The lowest BCUT2D eigenvalue weighted by Crippen LogP contribution is -2.45. The van der Waals surface area contributed by atoms with Crippen molar-refractivity contribution in [2.24, 2.45) is 0 Å². The highest BCUT2D eigenvalue weighted by molar-refractivity contribution is 5.76. The van der Waals surface area contributed by atoms with E-state index >= 15 is 0 Å². The molecule has 1 amide bonds. The van der Waals surface area contributed by atoms with Crippen LogP contribution in [0, 0.1) is 0 Å². The molecule has 0 radical (unpaired) electrons. The standard InChI is InChI=1S/C57H97NO3/c1-3-5-7-9-11-13-15-17-18-19-20-21-22-23-24-25-26-27-28-29-30-31-32-33-34-35-36-37-38-39-40-41-43-45-47-49-51-53-57(61)58-55(54-59)56(60)52-50-48-46-44-42-16-14-12-10-8-6-4-2/h5,7,11,13,17-18,20-21,23-24,26-27,29-30,32-33,50,52,55-56,59-60H,3-4,6,8-10,12,14-16,19,22,25,28,31,34-49,51,53-54H2,1-2H3,(H,58,61)/b7-5-,13-11-,18-17-,21-20-,24-23-,27-26-,30-29-,33-32-,52-50+. The SMILES string of the molecule is CC/C=C\C/C=C\C/C=C\C/C=C\C/C=C\C/C=C\C/C=C\C/C=C\CCCCCCCCCCCCCCC(=O)NC(CO)C(O)/C=C/CCCCCCCCCCCC. The molecule has 0 aliphatic heterocycles. The number of hydrogen-bond acceptors (Lipinski definition) is 3. The maximum Gasteiger partial charge on any atom is 0.220 e. The second kappa shape index (κ2) is 51.4. The van der Waals surface area contributed by atoms with Gasteiger partial charge in [0.05, 0.1) is 18.8 Å². The summed E-state index contributed by atoms with van der Waals surface area (Å²) in [5.41, 5.74) is 0. The van der Waals surface area contributed by atoms with Gasteiger partial charge in [-0.25, -0.2) is 0 Å². The maximum atomic E-state index is 12.4. The average Bonchev–Trinajstić information content (AvgIpc) is 3.26. The van der Waals surface area contributed by atoms with Gasteiger partial charge in [0.1, 0.15) is 0 Å². The van der Waals surface area contributed by atoms with E-state index in [1.165, 1.54) is 128 Å². The van der Waals surface area contributed by atoms with E-state index in [2.05, 4.69) is 116 Å². The van der Waals surface area contributed by atoms with Crippen LogP contribution in [0.3, 0.4) is 0 Å². The van der Waals surface area contributed by atoms with E-state index in [1.54, 1.807) is 6.08 Å². The van der Waals surface area contributed by atoms with Gasteiger partial charge < -0.3 is 15.5 Å². The summed E-state index contributed by atoms with van der Waals surface area (Å²) in [4.78, 5) is 12.4. The zero-order valence-electron chi connectivity index (χ0n) is 39.9. The number of carbonyl (C=O) groups is 1. The molecule has 0 rings (SSSR count). The molecule has 0 aromatic carbocycles. The number of nitrogens with one attached hydrogen (secondary N) is 1. The van der Waals surface area contributed by atoms with Crippen molar-refractivity contribution in [1.29, 1.82) is 0 Å². The van der Waals surface area contributed by atoms with Crippen molar-refractivity contribution in [2.45, 2.75) is 238 Å². The summed E-state index contributed by atoms with van der Waals surface area (Å²) in [5.74, 6) is -0.0715. The van der Waals surface area contributed by atoms with E-state index in [4.69, 9.17) is 0 Å². The molecule has 0 heterocycles. The number of carbonyl (C=O) groups excluding carboxylic acids is 1. The van der Waals surface area contributed by atoms with Gasteiger partial charge >= 0.3 is 0 Å². The number of hydrogen-bond donors (Lipinski definition) is 3. The summed E-state index contributed by atoms with van der Waals surface area (Å²) >= 11 is 0. The molecular formula is C57H97NO3. The highest BCUT2D eigenvalue weighted by Crippen LogP contribution is 2.14. The molecule has 2 unspecified atom stereocenters. The van der Waals surface area contributed by atoms with Gasteiger partial charge in [-0.2, -0.15) is 0 Å². The molecule has 0 fully saturated rings. The van der Waals surface area contributed by atoms with Crippen LogP contribution in [0.5, 0.6) is 0 Å². The molecule has 348 valence electrons. The lowest BCUT2D eigenvalue weighted by Gasteiger charge is -2.20. The van der Waals surface area contributed by atoms with E-state index < -0.39 is 12.1 Å². The predicted octanol–water partition coefficient (Wildman–Crippen LogP) is 16.7. The van der Waals surface area contributed by atoms with Crippen LogP contribution in [0.4, 0.5) is 0 Å². The van der Waals surface area contributed by atoms with Crippen LogP contribution >= 0.6 is 0 Å². The van der Waals surface area contributed by atoms with Crippen LogP contribution in [0.15, 0.2) is 109 Å². The van der Waals surface area contributed by atoms with Crippen LogP contribution in [-0.4, -0.2) is 34.9 Å². The molecule has 4 heteroatoms. The van der Waals surface area contributed by atoms with Crippen molar-refractivity contribution >= 4 is 5.91 Å². The number of aliphatic hydroxyl groups excluding tert-OH is 2. The maximum absolute atomic E-state index is 12.4. The summed E-state index contributed by atoms with van der Waals surface area (Å²) in [7, 11) is 0. The minimum absolute atomic E-state index is 0.0715. The highest BCUT2D eigenvalue weighted by atomic mass is 16.3. The van der Waals surface area contributed by atoms with Crippen LogP contribution < -0.4 is 5.32 Å². The minimum atomic E-state index is -0.844. The first-order valence-corrected chi connectivity index (χ1v) is 25.6. The summed E-state index contributed by atoms with van der Waals surface area (Å²) in [6, 6.07) is -0.628. The van der Waals surface area contributed by atoms with Crippen LogP contribution in [0.25, 0.3) is 0 Å². The van der Waals surface area contributed by atoms with Crippen molar-refractivity contribution in [3.05, 3.63) is 109 Å². The fourth-order valence-electron chi connectivity index (χ4n) is 7.13. The third-order valence-electron chi connectivity index (χ3n) is 11.0. The summed E-state index contributed by atoms with van der Waals surface area (Å²) in [6.45, 7) is 4.18. The van der Waals surface area contributed by atoms with E-state index in [1.807, 2.05) is 6.08 Å². The Kier molecular flexibility index (Phi) is 48.9. The van der Waals surface area contributed by atoms with E-state index in [-0.39, 0.29) is 12.5 Å². The van der Waals surface area contributed by atoms with Gasteiger partial charge in [-0.15, -0.1) is 0 Å². The van der Waals surface area contributed by atoms with Crippen molar-refractivity contribution in [2.75, 3.05) is 6.61 Å². The Labute approximate surface area is 378 Å². The Morgan fingerprint density at radius 1 is 0.410 bits per heavy atom. The zero-order valence-corrected chi connectivity index (χ0v) is 39.9. The monoisotopic (exact) mass is 844 g/mol. The van der Waals surface area contributed by atoms with Crippen molar-refractivity contribution in [1.82, 2.24) is 5.32 Å². The summed E-state index contributed by atoms with van der Waals surface area (Å²) in [6.07, 6.45) is 77.9. The number of aliphatic hydroxyl groups is 2. The van der Waals surface area contributed by atoms with Crippen molar-refractivity contribution < 1.29 is 15.0 Å². The molecule has 4 nitrogen and oxygen atoms in total. The Morgan fingerprint density at radius 3 is 1.08 bits per heavy atom. The molecule has 0 aliphatic carbocycles. The molecule has 0 aromatic rings. The Morgan fingerprint density at radius 2 is 0.721 bits per heavy atom. The molecule has 0 spiro atoms. The van der Waals surface area contributed by atoms with Gasteiger partial charge in [-0.05, 0) is 83.5 Å². The minimum Gasteiger partial charge on any atom is -0.394 e. The first-order valence-electron chi connectivity index (χ1n) is 25.6.